The summed E-state index contributed by atoms with van der Waals surface area (Å²) >= 11 is 0. The zero-order valence-electron chi connectivity index (χ0n) is 43.8. The van der Waals surface area contributed by atoms with Crippen molar-refractivity contribution in [3.05, 3.63) is 146 Å². The van der Waals surface area contributed by atoms with Crippen LogP contribution in [-0.4, -0.2) is 127 Å². The normalized spacial score (nSPS) is 18.5. The summed E-state index contributed by atoms with van der Waals surface area (Å²) in [5, 5.41) is 3.45. The third-order valence-corrected chi connectivity index (χ3v) is 14.2. The van der Waals surface area contributed by atoms with E-state index in [1.807, 2.05) is 52.9 Å². The molecule has 1 N–H and O–H groups in total. The molecular weight excluding hydrogens is 957 g/mol. The molecule has 4 aliphatic rings. The summed E-state index contributed by atoms with van der Waals surface area (Å²) in [5.41, 5.74) is 14.4. The van der Waals surface area contributed by atoms with Gasteiger partial charge in [-0.05, 0) is 160 Å². The molecule has 0 saturated heterocycles. The molecule has 0 bridgehead atoms. The molecule has 14 nitrogen and oxygen atoms in total. The number of fused-ring (bicyclic) bond motifs is 4. The van der Waals surface area contributed by atoms with Crippen molar-refractivity contribution >= 4 is 83.5 Å². The van der Waals surface area contributed by atoms with Crippen molar-refractivity contribution in [2.75, 3.05) is 47.5 Å². The summed E-state index contributed by atoms with van der Waals surface area (Å²) in [6.45, 7) is 11.8. The van der Waals surface area contributed by atoms with Crippen LogP contribution in [0.25, 0.3) is 6.08 Å². The van der Waals surface area contributed by atoms with Gasteiger partial charge in [-0.1, -0.05) is 72.8 Å². The van der Waals surface area contributed by atoms with Gasteiger partial charge in [0.25, 0.3) is 22.2 Å². The first-order valence-electron chi connectivity index (χ1n) is 25.0. The molecule has 4 aromatic carbocycles. The van der Waals surface area contributed by atoms with Crippen LogP contribution in [0.1, 0.15) is 136 Å². The monoisotopic (exact) mass is 1030 g/mol. The molecule has 389 valence electrons. The highest BCUT2D eigenvalue weighted by Gasteiger charge is 2.28. The third kappa shape index (κ3) is 16.3. The molecule has 4 heterocycles. The highest BCUT2D eigenvalue weighted by Crippen LogP contribution is 2.33. The summed E-state index contributed by atoms with van der Waals surface area (Å²) in [5.74, 6) is -0.672. The van der Waals surface area contributed by atoms with Crippen molar-refractivity contribution in [1.82, 2.24) is 19.7 Å². The number of hydrogen-bond acceptors (Lipinski definition) is 14. The molecule has 0 amide bonds. The van der Waals surface area contributed by atoms with Gasteiger partial charge in [-0.3, -0.25) is 14.4 Å². The number of carbonyl (C=O) groups is 7. The Morgan fingerprint density at radius 1 is 0.554 bits per heavy atom. The minimum absolute atomic E-state index is 0. The number of methoxy groups -OCH3 is 3. The third-order valence-electron chi connectivity index (χ3n) is 14.2. The van der Waals surface area contributed by atoms with E-state index in [1.54, 1.807) is 28.3 Å². The van der Waals surface area contributed by atoms with Gasteiger partial charge in [-0.2, -0.15) is 0 Å². The number of ether oxygens (including phenoxy) is 3. The van der Waals surface area contributed by atoms with Gasteiger partial charge < -0.3 is 48.3 Å². The Kier molecular flexibility index (Phi) is 25.4. The van der Waals surface area contributed by atoms with Crippen LogP contribution >= 0.6 is 12.4 Å². The summed E-state index contributed by atoms with van der Waals surface area (Å²) < 4.78 is 14.0. The number of rotatable bonds is 15. The van der Waals surface area contributed by atoms with E-state index in [1.165, 1.54) is 71.9 Å². The maximum Gasteiger partial charge on any atom is 0.330 e. The predicted molar refractivity (Wildman–Crippen MR) is 294 cm³/mol. The van der Waals surface area contributed by atoms with Crippen molar-refractivity contribution in [2.45, 2.75) is 103 Å². The minimum atomic E-state index is -0.359. The van der Waals surface area contributed by atoms with Gasteiger partial charge in [0, 0.05) is 48.6 Å². The molecule has 4 aliphatic heterocycles. The second kappa shape index (κ2) is 31.0. The largest absolute Gasteiger partial charge is 0.469 e. The molecule has 74 heavy (non-hydrogen) atoms. The molecule has 4 atom stereocenters. The average molecular weight is 1030 g/mol. The van der Waals surface area contributed by atoms with Crippen LogP contribution in [0.3, 0.4) is 0 Å². The summed E-state index contributed by atoms with van der Waals surface area (Å²) in [6, 6.07) is 25.3. The molecule has 0 fully saturated rings. The Morgan fingerprint density at radius 2 is 0.959 bits per heavy atom. The van der Waals surface area contributed by atoms with Gasteiger partial charge in [-0.15, -0.1) is 12.4 Å². The van der Waals surface area contributed by atoms with Crippen LogP contribution in [0.4, 0.5) is 0 Å². The van der Waals surface area contributed by atoms with Crippen LogP contribution in [0.15, 0.2) is 78.9 Å². The smallest absolute Gasteiger partial charge is 0.330 e. The predicted octanol–water partition coefficient (Wildman–Crippen LogP) is 6.77. The van der Waals surface area contributed by atoms with E-state index in [-0.39, 0.29) is 48.4 Å². The molecule has 0 aromatic heterocycles. The fraction of sp³-hybridized carbons (Fsp3) is 0.411. The lowest BCUT2D eigenvalue weighted by Crippen LogP contribution is -2.38. The number of carbonyl (C=O) groups excluding carboxylic acids is 7. The van der Waals surface area contributed by atoms with Crippen molar-refractivity contribution in [2.24, 2.45) is 0 Å². The van der Waals surface area contributed by atoms with E-state index in [9.17, 15) is 33.6 Å². The summed E-state index contributed by atoms with van der Waals surface area (Å²) in [4.78, 5) is 82.5. The lowest BCUT2D eigenvalue weighted by Gasteiger charge is -2.35. The molecule has 4 aromatic rings. The molecule has 0 saturated carbocycles. The Labute approximate surface area is 445 Å². The van der Waals surface area contributed by atoms with E-state index < -0.39 is 0 Å². The number of halogens is 1. The quantitative estimate of drug-likeness (QED) is 0.0436. The van der Waals surface area contributed by atoms with Gasteiger partial charge in [0.05, 0.1) is 39.9 Å². The number of benzene rings is 4. The first kappa shape index (κ1) is 60.6. The molecule has 0 unspecified atom stereocenters. The maximum absolute atomic E-state index is 11.3. The minimum Gasteiger partial charge on any atom is -0.469 e. The fourth-order valence-corrected chi connectivity index (χ4v) is 10.2. The van der Waals surface area contributed by atoms with Crippen molar-refractivity contribution in [3.63, 3.8) is 0 Å². The summed E-state index contributed by atoms with van der Waals surface area (Å²) in [6.07, 6.45) is 12.6. The fourth-order valence-electron chi connectivity index (χ4n) is 10.2. The molecule has 8 rings (SSSR count). The highest BCUT2D eigenvalue weighted by molar-refractivity contribution is 6.65. The van der Waals surface area contributed by atoms with Crippen molar-refractivity contribution in [1.29, 1.82) is 0 Å². The molecule has 18 heteroatoms. The molecule has 3 radical (unpaired) electrons. The number of nitrogens with one attached hydrogen (secondary N) is 1. The van der Waals surface area contributed by atoms with Crippen molar-refractivity contribution < 1.29 is 47.8 Å². The number of hydrogen-bond donors (Lipinski definition) is 1. The number of aryl methyl sites for hydroxylation is 2. The number of esters is 3. The topological polar surface area (TPSA) is 169 Å². The van der Waals surface area contributed by atoms with Crippen LogP contribution in [-0.2, 0) is 81.5 Å². The van der Waals surface area contributed by atoms with Crippen molar-refractivity contribution in [3.8, 4) is 0 Å². The lowest BCUT2D eigenvalue weighted by atomic mass is 9.82. The second-order valence-electron chi connectivity index (χ2n) is 18.2. The Morgan fingerprint density at radius 3 is 1.41 bits per heavy atom. The first-order valence-corrected chi connectivity index (χ1v) is 25.0. The Hall–Kier alpha value is -5.97. The Balaban J connectivity index is 0.000000214. The first-order chi connectivity index (χ1) is 35.3. The van der Waals surface area contributed by atoms with E-state index in [0.29, 0.717) is 25.3 Å². The molecule has 0 spiro atoms. The summed E-state index contributed by atoms with van der Waals surface area (Å²) in [7, 11) is 8.98. The van der Waals surface area contributed by atoms with Gasteiger partial charge in [0.2, 0.25) is 0 Å². The highest BCUT2D eigenvalue weighted by atomic mass is 35.5. The number of aldehydes is 1. The van der Waals surface area contributed by atoms with E-state index in [2.05, 4.69) is 76.8 Å². The lowest BCUT2D eigenvalue weighted by molar-refractivity contribution is -0.141. The van der Waals surface area contributed by atoms with E-state index in [4.69, 9.17) is 4.74 Å². The van der Waals surface area contributed by atoms with E-state index >= 15 is 0 Å². The van der Waals surface area contributed by atoms with Crippen LogP contribution in [0.5, 0.6) is 0 Å². The average Bonchev–Trinajstić information content (AvgIpc) is 3.41. The SMILES string of the molecule is COC(=O)/C=C/c1cccc2c1CCN([B]C=O)[C@H]2C.COC(=O)CCc1cccc2c1CCN([B]C=O)[C@H]2C.COC(=O)CCc1cccc2c1CCN[C@H]2C.C[C@H]1c2cccc(C=O)c2CCN1[B]C=O.Cl. The zero-order valence-corrected chi connectivity index (χ0v) is 44.6. The van der Waals surface area contributed by atoms with Gasteiger partial charge in [0.15, 0.2) is 0 Å². The molecule has 0 aliphatic carbocycles. The van der Waals surface area contributed by atoms with Crippen LogP contribution in [0, 0.1) is 0 Å². The standard InChI is InChI=1S/C15H19BNO3.C15H17BNO3.C14H19NO2.C12H13BNO2.ClH/c2*1-11-13-5-3-4-12(6-7-15(19)20-2)14(13)8-9-17(11)16-10-18;1-10-12-5-3-4-11(6-7-14(16)17-2)13(12)8-9-15-10;1-9-11-4-2-3-10(7-15)12(11)5-6-14(9)13-8-16;/h3-5,10-11H,6-9H2,1-2H3;3-7,10-11H,8-9H2,1-2H3;3-5,10,15H,6-9H2,1-2H3;2-4,7-9H,5-6H2,1H3;1H/b;7-6+;;;/t2*11-;10-;9-;/m0000./s1. The Bertz CT molecular complexity index is 2580. The van der Waals surface area contributed by atoms with Gasteiger partial charge >= 0.3 is 17.9 Å². The van der Waals surface area contributed by atoms with E-state index in [0.717, 1.165) is 105 Å². The van der Waals surface area contributed by atoms with Crippen LogP contribution in [0.2, 0.25) is 0 Å². The number of nitrogens with zero attached hydrogens (tertiary/aromatic N) is 3. The maximum atomic E-state index is 11.3. The molecular formula is C56H69B3ClN4O10. The van der Waals surface area contributed by atoms with Gasteiger partial charge in [0.1, 0.15) is 6.29 Å². The second-order valence-corrected chi connectivity index (χ2v) is 18.2. The van der Waals surface area contributed by atoms with Crippen LogP contribution < -0.4 is 5.32 Å². The zero-order chi connectivity index (χ0) is 52.9. The van der Waals surface area contributed by atoms with Gasteiger partial charge in [-0.25, -0.2) is 4.79 Å².